The van der Waals surface area contributed by atoms with Gasteiger partial charge in [0.15, 0.2) is 0 Å². The third-order valence-electron chi connectivity index (χ3n) is 3.18. The predicted molar refractivity (Wildman–Crippen MR) is 80.4 cm³/mol. The summed E-state index contributed by atoms with van der Waals surface area (Å²) in [5.74, 6) is 1.76. The second-order valence-electron chi connectivity index (χ2n) is 4.89. The van der Waals surface area contributed by atoms with E-state index in [1.165, 1.54) is 0 Å². The molecule has 3 heteroatoms. The van der Waals surface area contributed by atoms with Gasteiger partial charge in [0.05, 0.1) is 6.10 Å². The lowest BCUT2D eigenvalue weighted by atomic mass is 10.1. The predicted octanol–water partition coefficient (Wildman–Crippen LogP) is 4.64. The summed E-state index contributed by atoms with van der Waals surface area (Å²) in [6.07, 6.45) is 1.99. The summed E-state index contributed by atoms with van der Waals surface area (Å²) < 4.78 is 5.97. The Bertz CT molecular complexity index is 566. The molecule has 1 unspecified atom stereocenters. The molecule has 0 aliphatic carbocycles. The van der Waals surface area contributed by atoms with Gasteiger partial charge in [-0.25, -0.2) is 0 Å². The minimum absolute atomic E-state index is 0.118. The van der Waals surface area contributed by atoms with Gasteiger partial charge < -0.3 is 9.84 Å². The molecule has 2 aromatic rings. The number of alkyl halides is 1. The zero-order chi connectivity index (χ0) is 13.8. The molecule has 2 rings (SSSR count). The molecular weight excluding hydrogens is 260 g/mol. The SMILES string of the molecule is Cc1ccc2c(O)ccc(OC(C)CCCCl)c2c1. The van der Waals surface area contributed by atoms with Crippen LogP contribution in [0, 0.1) is 6.92 Å². The van der Waals surface area contributed by atoms with E-state index in [4.69, 9.17) is 16.3 Å². The van der Waals surface area contributed by atoms with Crippen LogP contribution < -0.4 is 4.74 Å². The van der Waals surface area contributed by atoms with Gasteiger partial charge >= 0.3 is 0 Å². The van der Waals surface area contributed by atoms with E-state index in [1.54, 1.807) is 6.07 Å². The number of hydrogen-bond donors (Lipinski definition) is 1. The lowest BCUT2D eigenvalue weighted by Crippen LogP contribution is -2.12. The highest BCUT2D eigenvalue weighted by Crippen LogP contribution is 2.33. The highest BCUT2D eigenvalue weighted by Gasteiger charge is 2.10. The molecule has 0 saturated carbocycles. The van der Waals surface area contributed by atoms with Gasteiger partial charge in [0.1, 0.15) is 11.5 Å². The van der Waals surface area contributed by atoms with Gasteiger partial charge in [-0.05, 0) is 44.9 Å². The number of phenolic OH excluding ortho intramolecular Hbond substituents is 1. The average Bonchev–Trinajstić information content (AvgIpc) is 2.39. The maximum Gasteiger partial charge on any atom is 0.127 e. The Labute approximate surface area is 119 Å². The van der Waals surface area contributed by atoms with E-state index in [9.17, 15) is 5.11 Å². The molecule has 0 aliphatic heterocycles. The van der Waals surface area contributed by atoms with Crippen molar-refractivity contribution < 1.29 is 9.84 Å². The number of benzene rings is 2. The number of aromatic hydroxyl groups is 1. The smallest absolute Gasteiger partial charge is 0.127 e. The van der Waals surface area contributed by atoms with E-state index in [0.717, 1.165) is 34.9 Å². The molecule has 1 atom stereocenters. The van der Waals surface area contributed by atoms with E-state index in [1.807, 2.05) is 38.1 Å². The maximum atomic E-state index is 9.89. The largest absolute Gasteiger partial charge is 0.507 e. The third-order valence-corrected chi connectivity index (χ3v) is 3.45. The van der Waals surface area contributed by atoms with Crippen LogP contribution in [0.1, 0.15) is 25.3 Å². The Morgan fingerprint density at radius 2 is 2.00 bits per heavy atom. The first-order valence-corrected chi connectivity index (χ1v) is 7.10. The molecule has 0 bridgehead atoms. The summed E-state index contributed by atoms with van der Waals surface area (Å²) in [6.45, 7) is 4.07. The van der Waals surface area contributed by atoms with Crippen LogP contribution in [-0.2, 0) is 0 Å². The van der Waals surface area contributed by atoms with Gasteiger partial charge in [0.2, 0.25) is 0 Å². The van der Waals surface area contributed by atoms with Crippen molar-refractivity contribution in [1.82, 2.24) is 0 Å². The van der Waals surface area contributed by atoms with Gasteiger partial charge in [-0.2, -0.15) is 0 Å². The van der Waals surface area contributed by atoms with Gasteiger partial charge in [0, 0.05) is 16.7 Å². The molecular formula is C16H19ClO2. The molecule has 0 aliphatic rings. The molecule has 0 saturated heterocycles. The first-order valence-electron chi connectivity index (χ1n) is 6.57. The minimum Gasteiger partial charge on any atom is -0.507 e. The minimum atomic E-state index is 0.118. The fourth-order valence-corrected chi connectivity index (χ4v) is 2.32. The normalized spacial score (nSPS) is 12.6. The zero-order valence-electron chi connectivity index (χ0n) is 11.3. The van der Waals surface area contributed by atoms with Gasteiger partial charge in [-0.3, -0.25) is 0 Å². The van der Waals surface area contributed by atoms with Crippen LogP contribution in [0.3, 0.4) is 0 Å². The van der Waals surface area contributed by atoms with Gasteiger partial charge in [-0.1, -0.05) is 17.7 Å². The highest BCUT2D eigenvalue weighted by atomic mass is 35.5. The Balaban J connectivity index is 2.32. The van der Waals surface area contributed by atoms with Crippen LogP contribution in [0.5, 0.6) is 11.5 Å². The van der Waals surface area contributed by atoms with Crippen molar-refractivity contribution in [3.8, 4) is 11.5 Å². The molecule has 1 N–H and O–H groups in total. The maximum absolute atomic E-state index is 9.89. The zero-order valence-corrected chi connectivity index (χ0v) is 12.1. The number of aryl methyl sites for hydroxylation is 1. The summed E-state index contributed by atoms with van der Waals surface area (Å²) in [5, 5.41) is 11.7. The molecule has 0 heterocycles. The van der Waals surface area contributed by atoms with Crippen LogP contribution in [0.25, 0.3) is 10.8 Å². The second kappa shape index (κ2) is 6.16. The average molecular weight is 279 g/mol. The van der Waals surface area contributed by atoms with Crippen molar-refractivity contribution in [1.29, 1.82) is 0 Å². The highest BCUT2D eigenvalue weighted by molar-refractivity contribution is 6.17. The van der Waals surface area contributed by atoms with Crippen molar-refractivity contribution in [3.63, 3.8) is 0 Å². The fourth-order valence-electron chi connectivity index (χ4n) is 2.16. The van der Waals surface area contributed by atoms with Crippen LogP contribution in [0.2, 0.25) is 0 Å². The Morgan fingerprint density at radius 3 is 2.74 bits per heavy atom. The Hall–Kier alpha value is -1.41. The van der Waals surface area contributed by atoms with Gasteiger partial charge in [0.25, 0.3) is 0 Å². The van der Waals surface area contributed by atoms with E-state index in [0.29, 0.717) is 5.88 Å². The lowest BCUT2D eigenvalue weighted by Gasteiger charge is -2.16. The van der Waals surface area contributed by atoms with E-state index in [2.05, 4.69) is 0 Å². The van der Waals surface area contributed by atoms with E-state index < -0.39 is 0 Å². The molecule has 0 amide bonds. The third kappa shape index (κ3) is 3.32. The van der Waals surface area contributed by atoms with Gasteiger partial charge in [-0.15, -0.1) is 11.6 Å². The molecule has 0 spiro atoms. The molecule has 0 fully saturated rings. The first kappa shape index (κ1) is 14.0. The number of hydrogen-bond acceptors (Lipinski definition) is 2. The number of rotatable bonds is 5. The van der Waals surface area contributed by atoms with E-state index in [-0.39, 0.29) is 11.9 Å². The molecule has 2 nitrogen and oxygen atoms in total. The van der Waals surface area contributed by atoms with E-state index >= 15 is 0 Å². The summed E-state index contributed by atoms with van der Waals surface area (Å²) in [5.41, 5.74) is 1.15. The summed E-state index contributed by atoms with van der Waals surface area (Å²) in [7, 11) is 0. The van der Waals surface area contributed by atoms with Crippen molar-refractivity contribution in [2.45, 2.75) is 32.8 Å². The first-order chi connectivity index (χ1) is 9.11. The standard InChI is InChI=1S/C16H19ClO2/c1-11-5-6-13-14(10-11)16(8-7-15(13)18)19-12(2)4-3-9-17/h5-8,10,12,18H,3-4,9H2,1-2H3. The summed E-state index contributed by atoms with van der Waals surface area (Å²) in [4.78, 5) is 0. The fraction of sp³-hybridized carbons (Fsp3) is 0.375. The summed E-state index contributed by atoms with van der Waals surface area (Å²) in [6, 6.07) is 9.47. The van der Waals surface area contributed by atoms with Crippen molar-refractivity contribution in [2.24, 2.45) is 0 Å². The Morgan fingerprint density at radius 1 is 1.21 bits per heavy atom. The van der Waals surface area contributed by atoms with Crippen molar-refractivity contribution in [2.75, 3.05) is 5.88 Å². The number of fused-ring (bicyclic) bond motifs is 1. The molecule has 0 radical (unpaired) electrons. The van der Waals surface area contributed by atoms with Crippen LogP contribution in [-0.4, -0.2) is 17.1 Å². The number of halogens is 1. The lowest BCUT2D eigenvalue weighted by molar-refractivity contribution is 0.213. The number of ether oxygens (including phenoxy) is 1. The van der Waals surface area contributed by atoms with Crippen molar-refractivity contribution in [3.05, 3.63) is 35.9 Å². The quantitative estimate of drug-likeness (QED) is 0.808. The molecule has 19 heavy (non-hydrogen) atoms. The molecule has 102 valence electrons. The molecule has 0 aromatic heterocycles. The van der Waals surface area contributed by atoms with Crippen LogP contribution >= 0.6 is 11.6 Å². The number of phenols is 1. The van der Waals surface area contributed by atoms with Crippen LogP contribution in [0.15, 0.2) is 30.3 Å². The monoisotopic (exact) mass is 278 g/mol. The van der Waals surface area contributed by atoms with Crippen molar-refractivity contribution >= 4 is 22.4 Å². The van der Waals surface area contributed by atoms with Crippen LogP contribution in [0.4, 0.5) is 0 Å². The Kier molecular flexibility index (Phi) is 4.54. The topological polar surface area (TPSA) is 29.5 Å². The second-order valence-corrected chi connectivity index (χ2v) is 5.27. The summed E-state index contributed by atoms with van der Waals surface area (Å²) >= 11 is 5.70. The molecule has 2 aromatic carbocycles.